The largest absolute Gasteiger partial charge is 0.383 e. The number of aromatic nitrogens is 4. The Hall–Kier alpha value is -4.19. The number of carbonyl (C=O) groups excluding carboxylic acids is 2. The molecule has 1 aromatic carbocycles. The first-order valence-electron chi connectivity index (χ1n) is 13.2. The van der Waals surface area contributed by atoms with Gasteiger partial charge in [0.2, 0.25) is 0 Å². The van der Waals surface area contributed by atoms with Gasteiger partial charge in [-0.2, -0.15) is 9.61 Å². The average molecular weight is 545 g/mol. The summed E-state index contributed by atoms with van der Waals surface area (Å²) >= 11 is 0. The molecule has 0 aliphatic heterocycles. The average Bonchev–Trinajstić information content (AvgIpc) is 3.42. The molecule has 1 fully saturated rings. The number of nitrogens with one attached hydrogen (secondary N) is 1. The number of nitrogens with zero attached hydrogens (tertiary/aromatic N) is 4. The summed E-state index contributed by atoms with van der Waals surface area (Å²) in [5.41, 5.74) is 11.9. The molecular weight excluding hydrogens is 512 g/mol. The molecule has 0 unspecified atom stereocenters. The molecule has 1 aliphatic carbocycles. The van der Waals surface area contributed by atoms with E-state index in [9.17, 15) is 14.8 Å². The van der Waals surface area contributed by atoms with Crippen molar-refractivity contribution in [3.8, 4) is 22.4 Å². The zero-order valence-corrected chi connectivity index (χ0v) is 22.5. The Labute approximate surface area is 231 Å². The number of ether oxygens (including phenoxy) is 2. The molecule has 3 heterocycles. The minimum absolute atomic E-state index is 0.154. The highest BCUT2D eigenvalue weighted by atomic mass is 16.5. The zero-order valence-electron chi connectivity index (χ0n) is 22.5. The van der Waals surface area contributed by atoms with Crippen molar-refractivity contribution in [1.29, 1.82) is 0 Å². The van der Waals surface area contributed by atoms with Gasteiger partial charge in [-0.25, -0.2) is 10.5 Å². The van der Waals surface area contributed by atoms with Gasteiger partial charge in [0.25, 0.3) is 5.91 Å². The third kappa shape index (κ3) is 5.06. The molecule has 11 heteroatoms. The second-order valence-electron chi connectivity index (χ2n) is 9.96. The van der Waals surface area contributed by atoms with Crippen LogP contribution in [0.1, 0.15) is 54.6 Å². The first kappa shape index (κ1) is 27.4. The molecule has 1 aliphatic rings. The van der Waals surface area contributed by atoms with Crippen molar-refractivity contribution in [2.45, 2.75) is 44.1 Å². The summed E-state index contributed by atoms with van der Waals surface area (Å²) in [5, 5.41) is 13.8. The highest BCUT2D eigenvalue weighted by Gasteiger charge is 2.44. The summed E-state index contributed by atoms with van der Waals surface area (Å²) < 4.78 is 12.4. The smallest absolute Gasteiger partial charge is 0.275 e. The topological polar surface area (TPSA) is 154 Å². The number of Topliss-reactive ketones (excluding diaryl/α,β-unsaturated/α-hetero) is 1. The maximum atomic E-state index is 12.8. The van der Waals surface area contributed by atoms with Crippen LogP contribution in [0.5, 0.6) is 0 Å². The Balaban J connectivity index is 1.49. The molecule has 4 N–H and O–H groups in total. The Morgan fingerprint density at radius 3 is 2.48 bits per heavy atom. The van der Waals surface area contributed by atoms with Crippen molar-refractivity contribution in [3.05, 3.63) is 66.1 Å². The van der Waals surface area contributed by atoms with Gasteiger partial charge in [-0.15, -0.1) is 0 Å². The van der Waals surface area contributed by atoms with Crippen molar-refractivity contribution >= 4 is 23.2 Å². The van der Waals surface area contributed by atoms with Crippen LogP contribution in [-0.2, 0) is 14.3 Å². The molecule has 4 aromatic rings. The summed E-state index contributed by atoms with van der Waals surface area (Å²) in [5.74, 6) is -0.748. The number of nitrogen functional groups attached to an aromatic ring is 1. The molecule has 0 atom stereocenters. The van der Waals surface area contributed by atoms with Gasteiger partial charge in [0.1, 0.15) is 11.4 Å². The third-order valence-corrected chi connectivity index (χ3v) is 7.57. The number of hydroxylamine groups is 1. The normalized spacial score (nSPS) is 19.0. The Morgan fingerprint density at radius 2 is 1.85 bits per heavy atom. The zero-order chi connectivity index (χ0) is 28.3. The number of anilines is 1. The number of ketones is 1. The molecule has 3 aromatic heterocycles. The van der Waals surface area contributed by atoms with Crippen molar-refractivity contribution in [2.75, 3.05) is 26.1 Å². The van der Waals surface area contributed by atoms with Gasteiger partial charge in [0.05, 0.1) is 36.4 Å². The SMILES string of the molecule is COCCO[C@]1(C(=O)NO)CC[C@@H](c2nc3c(-c4ccc(-c5ccccc5)nc4)cnn3c(N)c2C(C)=O)CC1. The Bertz CT molecular complexity index is 1510. The first-order chi connectivity index (χ1) is 19.4. The number of hydrogen-bond donors (Lipinski definition) is 3. The highest BCUT2D eigenvalue weighted by molar-refractivity contribution is 6.00. The van der Waals surface area contributed by atoms with Crippen LogP contribution in [0.15, 0.2) is 54.9 Å². The molecular formula is C29H32N6O5. The fourth-order valence-corrected chi connectivity index (χ4v) is 5.44. The molecule has 1 saturated carbocycles. The lowest BCUT2D eigenvalue weighted by molar-refractivity contribution is -0.163. The first-order valence-corrected chi connectivity index (χ1v) is 13.2. The summed E-state index contributed by atoms with van der Waals surface area (Å²) in [6.45, 7) is 1.98. The predicted molar refractivity (Wildman–Crippen MR) is 148 cm³/mol. The lowest BCUT2D eigenvalue weighted by atomic mass is 9.76. The number of hydrogen-bond acceptors (Lipinski definition) is 9. The number of pyridine rings is 1. The van der Waals surface area contributed by atoms with Gasteiger partial charge in [-0.3, -0.25) is 19.8 Å². The van der Waals surface area contributed by atoms with E-state index in [1.165, 1.54) is 11.4 Å². The van der Waals surface area contributed by atoms with E-state index in [-0.39, 0.29) is 24.1 Å². The summed E-state index contributed by atoms with van der Waals surface area (Å²) in [4.78, 5) is 34.9. The van der Waals surface area contributed by atoms with E-state index in [0.29, 0.717) is 49.2 Å². The molecule has 0 bridgehead atoms. The highest BCUT2D eigenvalue weighted by Crippen LogP contribution is 2.42. The van der Waals surface area contributed by atoms with Crippen LogP contribution < -0.4 is 11.2 Å². The maximum absolute atomic E-state index is 12.8. The van der Waals surface area contributed by atoms with Gasteiger partial charge in [-0.05, 0) is 38.7 Å². The van der Waals surface area contributed by atoms with E-state index in [1.807, 2.05) is 42.5 Å². The van der Waals surface area contributed by atoms with Gasteiger partial charge in [0.15, 0.2) is 11.4 Å². The molecule has 40 heavy (non-hydrogen) atoms. The van der Waals surface area contributed by atoms with Crippen molar-refractivity contribution in [1.82, 2.24) is 25.1 Å². The van der Waals surface area contributed by atoms with Crippen molar-refractivity contribution in [2.24, 2.45) is 0 Å². The van der Waals surface area contributed by atoms with Crippen molar-refractivity contribution in [3.63, 3.8) is 0 Å². The molecule has 11 nitrogen and oxygen atoms in total. The van der Waals surface area contributed by atoms with Crippen LogP contribution in [0.25, 0.3) is 28.0 Å². The van der Waals surface area contributed by atoms with Gasteiger partial charge >= 0.3 is 0 Å². The summed E-state index contributed by atoms with van der Waals surface area (Å²) in [6, 6.07) is 13.8. The summed E-state index contributed by atoms with van der Waals surface area (Å²) in [7, 11) is 1.55. The van der Waals surface area contributed by atoms with Crippen LogP contribution >= 0.6 is 0 Å². The minimum atomic E-state index is -1.19. The third-order valence-electron chi connectivity index (χ3n) is 7.57. The van der Waals surface area contributed by atoms with E-state index >= 15 is 0 Å². The minimum Gasteiger partial charge on any atom is -0.383 e. The Kier molecular flexibility index (Phi) is 7.88. The second kappa shape index (κ2) is 11.5. The van der Waals surface area contributed by atoms with Crippen molar-refractivity contribution < 1.29 is 24.3 Å². The van der Waals surface area contributed by atoms with Crippen LogP contribution in [0, 0.1) is 0 Å². The predicted octanol–water partition coefficient (Wildman–Crippen LogP) is 3.81. The lowest BCUT2D eigenvalue weighted by Crippen LogP contribution is -2.50. The van der Waals surface area contributed by atoms with Crippen LogP contribution in [0.4, 0.5) is 5.82 Å². The molecule has 1 amide bonds. The number of benzene rings is 1. The Morgan fingerprint density at radius 1 is 1.10 bits per heavy atom. The molecule has 5 rings (SSSR count). The van der Waals surface area contributed by atoms with Crippen LogP contribution in [-0.4, -0.2) is 62.4 Å². The van der Waals surface area contributed by atoms with E-state index in [2.05, 4.69) is 10.1 Å². The quantitative estimate of drug-likeness (QED) is 0.123. The number of rotatable bonds is 9. The second-order valence-corrected chi connectivity index (χ2v) is 9.96. The molecule has 0 spiro atoms. The van der Waals surface area contributed by atoms with E-state index in [4.69, 9.17) is 20.2 Å². The lowest BCUT2D eigenvalue weighted by Gasteiger charge is -2.38. The van der Waals surface area contributed by atoms with Crippen LogP contribution in [0.2, 0.25) is 0 Å². The monoisotopic (exact) mass is 544 g/mol. The number of carbonyl (C=O) groups is 2. The fourth-order valence-electron chi connectivity index (χ4n) is 5.44. The molecule has 0 radical (unpaired) electrons. The van der Waals surface area contributed by atoms with Gasteiger partial charge < -0.3 is 15.2 Å². The number of amides is 1. The van der Waals surface area contributed by atoms with Gasteiger partial charge in [-0.1, -0.05) is 36.4 Å². The van der Waals surface area contributed by atoms with Gasteiger partial charge in [0, 0.05) is 35.9 Å². The number of nitrogens with two attached hydrogens (primary N) is 1. The fraction of sp³-hybridized carbons (Fsp3) is 0.345. The van der Waals surface area contributed by atoms with E-state index < -0.39 is 11.5 Å². The van der Waals surface area contributed by atoms with E-state index in [1.54, 1.807) is 25.0 Å². The maximum Gasteiger partial charge on any atom is 0.275 e. The van der Waals surface area contributed by atoms with E-state index in [0.717, 1.165) is 22.4 Å². The summed E-state index contributed by atoms with van der Waals surface area (Å²) in [6.07, 6.45) is 5.10. The molecule has 208 valence electrons. The molecule has 0 saturated heterocycles. The number of fused-ring (bicyclic) bond motifs is 1. The van der Waals surface area contributed by atoms with Crippen LogP contribution in [0.3, 0.4) is 0 Å². The standard InChI is InChI=1S/C29H32N6O5/c1-18(36)24-25(20-10-12-29(13-11-20,28(37)34-38)40-15-14-39-2)33-27-22(17-32-35(27)26(24)30)21-8-9-23(31-16-21)19-6-4-3-5-7-19/h3-9,16-17,20,38H,10-15,30H2,1-2H3,(H,34,37)/t20-,29-. The number of methoxy groups -OCH3 is 1.